The Bertz CT molecular complexity index is 406. The maximum atomic E-state index is 12.1. The SMILES string of the molecule is CC(C)CN(CCC(=O)O)C(=O)c1cnccn1. The fourth-order valence-corrected chi connectivity index (χ4v) is 1.52. The van der Waals surface area contributed by atoms with Crippen LogP contribution in [0.4, 0.5) is 0 Å². The van der Waals surface area contributed by atoms with Crippen LogP contribution < -0.4 is 0 Å². The molecule has 0 aromatic carbocycles. The van der Waals surface area contributed by atoms with Crippen LogP contribution in [0.5, 0.6) is 0 Å². The molecule has 0 aliphatic heterocycles. The largest absolute Gasteiger partial charge is 0.481 e. The molecule has 6 heteroatoms. The van der Waals surface area contributed by atoms with Gasteiger partial charge in [0.05, 0.1) is 12.6 Å². The molecular formula is C12H17N3O3. The summed E-state index contributed by atoms with van der Waals surface area (Å²) in [4.78, 5) is 32.0. The zero-order valence-corrected chi connectivity index (χ0v) is 10.5. The fraction of sp³-hybridized carbons (Fsp3) is 0.500. The molecule has 0 fully saturated rings. The average molecular weight is 251 g/mol. The Morgan fingerprint density at radius 1 is 1.39 bits per heavy atom. The Morgan fingerprint density at radius 2 is 2.11 bits per heavy atom. The van der Waals surface area contributed by atoms with E-state index in [0.29, 0.717) is 6.54 Å². The van der Waals surface area contributed by atoms with Crippen LogP contribution in [0.2, 0.25) is 0 Å². The summed E-state index contributed by atoms with van der Waals surface area (Å²) in [6, 6.07) is 0. The first-order chi connectivity index (χ1) is 8.50. The van der Waals surface area contributed by atoms with Gasteiger partial charge in [-0.25, -0.2) is 4.98 Å². The normalized spacial score (nSPS) is 10.4. The van der Waals surface area contributed by atoms with Gasteiger partial charge in [-0.3, -0.25) is 14.6 Å². The van der Waals surface area contributed by atoms with E-state index in [1.807, 2.05) is 13.8 Å². The second kappa shape index (κ2) is 6.68. The van der Waals surface area contributed by atoms with Crippen molar-refractivity contribution in [1.29, 1.82) is 0 Å². The highest BCUT2D eigenvalue weighted by Crippen LogP contribution is 2.05. The van der Waals surface area contributed by atoms with E-state index in [4.69, 9.17) is 5.11 Å². The third-order valence-corrected chi connectivity index (χ3v) is 2.25. The van der Waals surface area contributed by atoms with Gasteiger partial charge < -0.3 is 10.0 Å². The van der Waals surface area contributed by atoms with Gasteiger partial charge in [-0.05, 0) is 5.92 Å². The first kappa shape index (κ1) is 14.1. The summed E-state index contributed by atoms with van der Waals surface area (Å²) >= 11 is 0. The lowest BCUT2D eigenvalue weighted by molar-refractivity contribution is -0.137. The topological polar surface area (TPSA) is 83.4 Å². The Morgan fingerprint density at radius 3 is 2.61 bits per heavy atom. The molecule has 0 aliphatic carbocycles. The van der Waals surface area contributed by atoms with Crippen molar-refractivity contribution in [2.24, 2.45) is 5.92 Å². The van der Waals surface area contributed by atoms with Gasteiger partial charge in [0.15, 0.2) is 0 Å². The van der Waals surface area contributed by atoms with E-state index in [9.17, 15) is 9.59 Å². The molecule has 0 aliphatic rings. The number of amides is 1. The molecule has 1 rings (SSSR count). The van der Waals surface area contributed by atoms with Crippen molar-refractivity contribution in [3.8, 4) is 0 Å². The molecule has 0 bridgehead atoms. The third kappa shape index (κ3) is 4.48. The zero-order chi connectivity index (χ0) is 13.5. The van der Waals surface area contributed by atoms with E-state index in [-0.39, 0.29) is 30.5 Å². The molecule has 6 nitrogen and oxygen atoms in total. The van der Waals surface area contributed by atoms with Crippen LogP contribution >= 0.6 is 0 Å². The molecule has 1 N–H and O–H groups in total. The standard InChI is InChI=1S/C12H17N3O3/c1-9(2)8-15(6-3-11(16)17)12(18)10-7-13-4-5-14-10/h4-5,7,9H,3,6,8H2,1-2H3,(H,16,17). The van der Waals surface area contributed by atoms with Gasteiger partial charge in [0.2, 0.25) is 0 Å². The summed E-state index contributed by atoms with van der Waals surface area (Å²) in [6.45, 7) is 4.63. The quantitative estimate of drug-likeness (QED) is 0.817. The highest BCUT2D eigenvalue weighted by molar-refractivity contribution is 5.92. The number of carbonyl (C=O) groups excluding carboxylic acids is 1. The van der Waals surface area contributed by atoms with Crippen LogP contribution in [0.15, 0.2) is 18.6 Å². The van der Waals surface area contributed by atoms with Crippen LogP contribution in [-0.4, -0.2) is 44.9 Å². The number of carboxylic acid groups (broad SMARTS) is 1. The van der Waals surface area contributed by atoms with E-state index in [1.165, 1.54) is 23.5 Å². The highest BCUT2D eigenvalue weighted by atomic mass is 16.4. The molecule has 1 aromatic heterocycles. The first-order valence-electron chi connectivity index (χ1n) is 5.77. The van der Waals surface area contributed by atoms with Crippen LogP contribution in [0.3, 0.4) is 0 Å². The van der Waals surface area contributed by atoms with Gasteiger partial charge in [-0.2, -0.15) is 0 Å². The minimum atomic E-state index is -0.921. The fourth-order valence-electron chi connectivity index (χ4n) is 1.52. The van der Waals surface area contributed by atoms with E-state index in [0.717, 1.165) is 0 Å². The minimum Gasteiger partial charge on any atom is -0.481 e. The van der Waals surface area contributed by atoms with Crippen molar-refractivity contribution in [2.45, 2.75) is 20.3 Å². The molecule has 0 spiro atoms. The van der Waals surface area contributed by atoms with Gasteiger partial charge in [0.25, 0.3) is 5.91 Å². The lowest BCUT2D eigenvalue weighted by atomic mass is 10.2. The maximum absolute atomic E-state index is 12.1. The summed E-state index contributed by atoms with van der Waals surface area (Å²) in [5.41, 5.74) is 0.239. The van der Waals surface area contributed by atoms with E-state index < -0.39 is 5.97 Å². The number of rotatable bonds is 6. The maximum Gasteiger partial charge on any atom is 0.305 e. The molecular weight excluding hydrogens is 234 g/mol. The number of hydrogen-bond acceptors (Lipinski definition) is 4. The van der Waals surface area contributed by atoms with Crippen molar-refractivity contribution in [3.63, 3.8) is 0 Å². The molecule has 0 atom stereocenters. The van der Waals surface area contributed by atoms with Crippen LogP contribution in [0, 0.1) is 5.92 Å². The Hall–Kier alpha value is -1.98. The summed E-state index contributed by atoms with van der Waals surface area (Å²) in [5.74, 6) is -0.937. The number of nitrogens with zero attached hydrogens (tertiary/aromatic N) is 3. The van der Waals surface area contributed by atoms with E-state index >= 15 is 0 Å². The number of carboxylic acids is 1. The first-order valence-corrected chi connectivity index (χ1v) is 5.77. The molecule has 98 valence electrons. The summed E-state index contributed by atoms with van der Waals surface area (Å²) in [5, 5.41) is 8.68. The van der Waals surface area contributed by atoms with Crippen molar-refractivity contribution in [3.05, 3.63) is 24.3 Å². The summed E-state index contributed by atoms with van der Waals surface area (Å²) in [6.07, 6.45) is 4.24. The van der Waals surface area contributed by atoms with Crippen molar-refractivity contribution >= 4 is 11.9 Å². The Labute approximate surface area is 106 Å². The van der Waals surface area contributed by atoms with Crippen LogP contribution in [-0.2, 0) is 4.79 Å². The zero-order valence-electron chi connectivity index (χ0n) is 10.5. The van der Waals surface area contributed by atoms with Gasteiger partial charge in [0, 0.05) is 25.5 Å². The Kier molecular flexibility index (Phi) is 5.23. The van der Waals surface area contributed by atoms with Gasteiger partial charge in [-0.15, -0.1) is 0 Å². The van der Waals surface area contributed by atoms with Crippen molar-refractivity contribution in [2.75, 3.05) is 13.1 Å². The predicted octanol–water partition coefficient (Wildman–Crippen LogP) is 1.05. The predicted molar refractivity (Wildman–Crippen MR) is 65.0 cm³/mol. The number of hydrogen-bond donors (Lipinski definition) is 1. The third-order valence-electron chi connectivity index (χ3n) is 2.25. The second-order valence-electron chi connectivity index (χ2n) is 4.38. The summed E-state index contributed by atoms with van der Waals surface area (Å²) < 4.78 is 0. The molecule has 0 unspecified atom stereocenters. The summed E-state index contributed by atoms with van der Waals surface area (Å²) in [7, 11) is 0. The minimum absolute atomic E-state index is 0.0707. The van der Waals surface area contributed by atoms with Gasteiger partial charge in [0.1, 0.15) is 5.69 Å². The smallest absolute Gasteiger partial charge is 0.305 e. The molecule has 1 amide bonds. The molecule has 1 heterocycles. The van der Waals surface area contributed by atoms with E-state index in [2.05, 4.69) is 9.97 Å². The second-order valence-corrected chi connectivity index (χ2v) is 4.38. The molecule has 0 radical (unpaired) electrons. The van der Waals surface area contributed by atoms with Crippen molar-refractivity contribution < 1.29 is 14.7 Å². The number of carbonyl (C=O) groups is 2. The lowest BCUT2D eigenvalue weighted by Gasteiger charge is -2.23. The highest BCUT2D eigenvalue weighted by Gasteiger charge is 2.18. The van der Waals surface area contributed by atoms with Crippen LogP contribution in [0.25, 0.3) is 0 Å². The molecule has 1 aromatic rings. The monoisotopic (exact) mass is 251 g/mol. The number of aromatic nitrogens is 2. The lowest BCUT2D eigenvalue weighted by Crippen LogP contribution is -2.36. The van der Waals surface area contributed by atoms with Gasteiger partial charge >= 0.3 is 5.97 Å². The number of aliphatic carboxylic acids is 1. The van der Waals surface area contributed by atoms with Gasteiger partial charge in [-0.1, -0.05) is 13.8 Å². The van der Waals surface area contributed by atoms with Crippen LogP contribution in [0.1, 0.15) is 30.8 Å². The molecule has 0 saturated heterocycles. The van der Waals surface area contributed by atoms with Crippen molar-refractivity contribution in [1.82, 2.24) is 14.9 Å². The Balaban J connectivity index is 2.75. The molecule has 18 heavy (non-hydrogen) atoms. The average Bonchev–Trinajstić information content (AvgIpc) is 2.34. The molecule has 0 saturated carbocycles. The van der Waals surface area contributed by atoms with E-state index in [1.54, 1.807) is 0 Å².